The maximum absolute atomic E-state index is 12.3. The topological polar surface area (TPSA) is 42.7 Å². The van der Waals surface area contributed by atoms with Gasteiger partial charge in [-0.1, -0.05) is 0 Å². The van der Waals surface area contributed by atoms with Crippen molar-refractivity contribution in [2.24, 2.45) is 5.92 Å². The van der Waals surface area contributed by atoms with E-state index in [2.05, 4.69) is 6.92 Å². The second-order valence-corrected chi connectivity index (χ2v) is 7.24. The van der Waals surface area contributed by atoms with Crippen LogP contribution in [0, 0.1) is 5.92 Å². The van der Waals surface area contributed by atoms with Gasteiger partial charge in [-0.15, -0.1) is 0 Å². The summed E-state index contributed by atoms with van der Waals surface area (Å²) in [6.07, 6.45) is 7.00. The first kappa shape index (κ1) is 15.6. The van der Waals surface area contributed by atoms with Crippen LogP contribution in [0.25, 0.3) is 11.0 Å². The fourth-order valence-electron chi connectivity index (χ4n) is 3.70. The summed E-state index contributed by atoms with van der Waals surface area (Å²) in [6.45, 7) is 2.22. The lowest BCUT2D eigenvalue weighted by Gasteiger charge is -2.24. The van der Waals surface area contributed by atoms with Crippen molar-refractivity contribution in [3.8, 4) is 5.75 Å². The molecule has 4 rings (SSSR count). The van der Waals surface area contributed by atoms with Gasteiger partial charge in [0.05, 0.1) is 0 Å². The molecule has 0 bridgehead atoms. The summed E-state index contributed by atoms with van der Waals surface area (Å²) in [5.74, 6) is 2.59. The number of hydrogen-bond donors (Lipinski definition) is 0. The van der Waals surface area contributed by atoms with Crippen LogP contribution in [0.5, 0.6) is 5.75 Å². The van der Waals surface area contributed by atoms with E-state index in [4.69, 9.17) is 9.15 Å². The normalized spacial score (nSPS) is 18.2. The maximum Gasteiger partial charge on any atom is 0.260 e. The van der Waals surface area contributed by atoms with Crippen molar-refractivity contribution in [1.29, 1.82) is 0 Å². The van der Waals surface area contributed by atoms with Gasteiger partial charge in [-0.3, -0.25) is 4.79 Å². The van der Waals surface area contributed by atoms with Crippen molar-refractivity contribution in [1.82, 2.24) is 4.90 Å². The Labute approximate surface area is 142 Å². The van der Waals surface area contributed by atoms with E-state index in [1.54, 1.807) is 0 Å². The largest absolute Gasteiger partial charge is 0.484 e. The van der Waals surface area contributed by atoms with Crippen LogP contribution in [0.15, 0.2) is 22.6 Å². The molecule has 1 aromatic carbocycles. The number of benzene rings is 1. The molecule has 1 unspecified atom stereocenters. The van der Waals surface area contributed by atoms with Gasteiger partial charge in [0.2, 0.25) is 0 Å². The van der Waals surface area contributed by atoms with Crippen LogP contribution in [0.2, 0.25) is 0 Å². The minimum absolute atomic E-state index is 0.0451. The molecule has 1 saturated carbocycles. The summed E-state index contributed by atoms with van der Waals surface area (Å²) in [4.78, 5) is 14.1. The summed E-state index contributed by atoms with van der Waals surface area (Å²) in [5, 5.41) is 1.15. The smallest absolute Gasteiger partial charge is 0.260 e. The fraction of sp³-hybridized carbons (Fsp3) is 0.550. The second kappa shape index (κ2) is 6.15. The van der Waals surface area contributed by atoms with E-state index in [-0.39, 0.29) is 12.5 Å². The van der Waals surface area contributed by atoms with E-state index in [9.17, 15) is 4.79 Å². The number of rotatable bonds is 5. The van der Waals surface area contributed by atoms with Crippen LogP contribution in [-0.2, 0) is 17.6 Å². The molecule has 1 fully saturated rings. The molecule has 0 aliphatic heterocycles. The highest BCUT2D eigenvalue weighted by Crippen LogP contribution is 2.35. The van der Waals surface area contributed by atoms with Gasteiger partial charge in [0, 0.05) is 30.5 Å². The minimum Gasteiger partial charge on any atom is -0.484 e. The van der Waals surface area contributed by atoms with Crippen LogP contribution in [0.3, 0.4) is 0 Å². The molecule has 24 heavy (non-hydrogen) atoms. The standard InChI is InChI=1S/C20H25NO3/c1-13(14-7-8-14)21(2)20(22)12-23-15-9-10-19-17(11-15)16-5-3-4-6-18(16)24-19/h9-11,13-14H,3-8,12H2,1-2H3. The molecule has 128 valence electrons. The maximum atomic E-state index is 12.3. The lowest BCUT2D eigenvalue weighted by Crippen LogP contribution is -2.39. The molecule has 2 aliphatic carbocycles. The summed E-state index contributed by atoms with van der Waals surface area (Å²) < 4.78 is 11.7. The number of carbonyl (C=O) groups excluding carboxylic acids is 1. The van der Waals surface area contributed by atoms with E-state index in [0.717, 1.165) is 35.3 Å². The number of ether oxygens (including phenoxy) is 1. The summed E-state index contributed by atoms with van der Waals surface area (Å²) in [6, 6.07) is 6.20. The van der Waals surface area contributed by atoms with E-state index < -0.39 is 0 Å². The highest BCUT2D eigenvalue weighted by Gasteiger charge is 2.32. The third-order valence-electron chi connectivity index (χ3n) is 5.60. The summed E-state index contributed by atoms with van der Waals surface area (Å²) >= 11 is 0. The van der Waals surface area contributed by atoms with Crippen molar-refractivity contribution >= 4 is 16.9 Å². The fourth-order valence-corrected chi connectivity index (χ4v) is 3.70. The number of amides is 1. The van der Waals surface area contributed by atoms with Gasteiger partial charge in [-0.05, 0) is 63.1 Å². The molecule has 1 aromatic heterocycles. The number of likely N-dealkylation sites (N-methyl/N-ethyl adjacent to an activating group) is 1. The van der Waals surface area contributed by atoms with Crippen LogP contribution >= 0.6 is 0 Å². The Morgan fingerprint density at radius 2 is 2.12 bits per heavy atom. The van der Waals surface area contributed by atoms with Gasteiger partial charge < -0.3 is 14.1 Å². The average molecular weight is 327 g/mol. The predicted octanol–water partition coefficient (Wildman–Crippen LogP) is 3.95. The van der Waals surface area contributed by atoms with Gasteiger partial charge in [0.15, 0.2) is 6.61 Å². The van der Waals surface area contributed by atoms with Crippen LogP contribution < -0.4 is 4.74 Å². The van der Waals surface area contributed by atoms with E-state index >= 15 is 0 Å². The predicted molar refractivity (Wildman–Crippen MR) is 93.3 cm³/mol. The molecule has 1 heterocycles. The van der Waals surface area contributed by atoms with Gasteiger partial charge in [0.1, 0.15) is 17.1 Å². The number of aryl methyl sites for hydroxylation is 2. The van der Waals surface area contributed by atoms with Crippen LogP contribution in [-0.4, -0.2) is 30.5 Å². The molecule has 0 N–H and O–H groups in total. The van der Waals surface area contributed by atoms with Crippen molar-refractivity contribution < 1.29 is 13.9 Å². The average Bonchev–Trinajstić information content (AvgIpc) is 3.39. The summed E-state index contributed by atoms with van der Waals surface area (Å²) in [7, 11) is 1.88. The monoisotopic (exact) mass is 327 g/mol. The molecular weight excluding hydrogens is 302 g/mol. The van der Waals surface area contributed by atoms with Gasteiger partial charge in [0.25, 0.3) is 5.91 Å². The van der Waals surface area contributed by atoms with Crippen molar-refractivity contribution in [3.05, 3.63) is 29.5 Å². The zero-order valence-electron chi connectivity index (χ0n) is 14.5. The minimum atomic E-state index is 0.0451. The number of furan rings is 1. The lowest BCUT2D eigenvalue weighted by atomic mass is 9.96. The van der Waals surface area contributed by atoms with Gasteiger partial charge >= 0.3 is 0 Å². The third-order valence-corrected chi connectivity index (χ3v) is 5.60. The zero-order chi connectivity index (χ0) is 16.7. The second-order valence-electron chi connectivity index (χ2n) is 7.24. The number of fused-ring (bicyclic) bond motifs is 3. The first-order valence-electron chi connectivity index (χ1n) is 9.06. The van der Waals surface area contributed by atoms with Gasteiger partial charge in [-0.25, -0.2) is 0 Å². The van der Waals surface area contributed by atoms with Crippen molar-refractivity contribution in [3.63, 3.8) is 0 Å². The molecule has 2 aliphatic rings. The first-order chi connectivity index (χ1) is 11.6. The molecule has 0 saturated heterocycles. The van der Waals surface area contributed by atoms with E-state index in [0.29, 0.717) is 12.0 Å². The Balaban J connectivity index is 1.45. The molecule has 4 heteroatoms. The molecule has 0 spiro atoms. The number of hydrogen-bond acceptors (Lipinski definition) is 3. The number of nitrogens with zero attached hydrogens (tertiary/aromatic N) is 1. The highest BCUT2D eigenvalue weighted by atomic mass is 16.5. The molecule has 1 atom stereocenters. The van der Waals surface area contributed by atoms with Crippen molar-refractivity contribution in [2.45, 2.75) is 51.5 Å². The highest BCUT2D eigenvalue weighted by molar-refractivity contribution is 5.84. The van der Waals surface area contributed by atoms with Gasteiger partial charge in [-0.2, -0.15) is 0 Å². The van der Waals surface area contributed by atoms with E-state index in [1.807, 2.05) is 30.1 Å². The summed E-state index contributed by atoms with van der Waals surface area (Å²) in [5.41, 5.74) is 2.26. The molecule has 1 amide bonds. The Bertz CT molecular complexity index is 760. The Morgan fingerprint density at radius 3 is 2.92 bits per heavy atom. The van der Waals surface area contributed by atoms with Crippen LogP contribution in [0.1, 0.15) is 43.9 Å². The van der Waals surface area contributed by atoms with Crippen molar-refractivity contribution in [2.75, 3.05) is 13.7 Å². The van der Waals surface area contributed by atoms with Crippen LogP contribution in [0.4, 0.5) is 0 Å². The quantitative estimate of drug-likeness (QED) is 0.835. The Hall–Kier alpha value is -1.97. The number of carbonyl (C=O) groups is 1. The zero-order valence-corrected chi connectivity index (χ0v) is 14.5. The SMILES string of the molecule is CC(C1CC1)N(C)C(=O)COc1ccc2oc3c(c2c1)CCCC3. The Kier molecular flexibility index (Phi) is 3.99. The Morgan fingerprint density at radius 1 is 1.33 bits per heavy atom. The first-order valence-corrected chi connectivity index (χ1v) is 9.06. The third kappa shape index (κ3) is 2.90. The van der Waals surface area contributed by atoms with E-state index in [1.165, 1.54) is 31.2 Å². The lowest BCUT2D eigenvalue weighted by molar-refractivity contribution is -0.134. The molecule has 0 radical (unpaired) electrons. The molecule has 4 nitrogen and oxygen atoms in total. The molecular formula is C20H25NO3. The molecule has 2 aromatic rings.